The molecule has 8 nitrogen and oxygen atoms in total. The lowest BCUT2D eigenvalue weighted by Gasteiger charge is -2.26. The number of nitrogens with zero attached hydrogens (tertiary/aromatic N) is 2. The quantitative estimate of drug-likeness (QED) is 0.658. The van der Waals surface area contributed by atoms with Gasteiger partial charge < -0.3 is 15.3 Å². The van der Waals surface area contributed by atoms with E-state index in [-0.39, 0.29) is 11.5 Å². The maximum absolute atomic E-state index is 12.3. The van der Waals surface area contributed by atoms with Crippen molar-refractivity contribution in [1.82, 2.24) is 0 Å². The first-order valence-corrected chi connectivity index (χ1v) is 7.55. The number of fused-ring (bicyclic) bond motifs is 1. The third kappa shape index (κ3) is 3.14. The number of amides is 2. The summed E-state index contributed by atoms with van der Waals surface area (Å²) in [6, 6.07) is 8.64. The second kappa shape index (κ2) is 6.23. The summed E-state index contributed by atoms with van der Waals surface area (Å²) in [7, 11) is 1.71. The Kier molecular flexibility index (Phi) is 4.10. The van der Waals surface area contributed by atoms with Crippen molar-refractivity contribution in [2.75, 3.05) is 17.3 Å². The van der Waals surface area contributed by atoms with Crippen LogP contribution in [0.2, 0.25) is 0 Å². The Morgan fingerprint density at radius 3 is 2.68 bits per heavy atom. The van der Waals surface area contributed by atoms with Gasteiger partial charge in [0.1, 0.15) is 0 Å². The normalized spacial score (nSPS) is 13.3. The van der Waals surface area contributed by atoms with Crippen molar-refractivity contribution in [2.45, 2.75) is 12.8 Å². The van der Waals surface area contributed by atoms with Crippen LogP contribution in [0.5, 0.6) is 5.75 Å². The monoisotopic (exact) mass is 341 g/mol. The van der Waals surface area contributed by atoms with Crippen LogP contribution in [0.1, 0.15) is 22.3 Å². The van der Waals surface area contributed by atoms with E-state index >= 15 is 0 Å². The van der Waals surface area contributed by atoms with E-state index in [1.165, 1.54) is 6.07 Å². The molecule has 1 heterocycles. The van der Waals surface area contributed by atoms with Gasteiger partial charge in [-0.25, -0.2) is 0 Å². The average molecular weight is 341 g/mol. The maximum atomic E-state index is 12.3. The molecule has 0 spiro atoms. The second-order valence-electron chi connectivity index (χ2n) is 5.71. The molecule has 1 aliphatic rings. The molecule has 0 radical (unpaired) electrons. The van der Waals surface area contributed by atoms with Crippen molar-refractivity contribution in [3.8, 4) is 5.75 Å². The van der Waals surface area contributed by atoms with Crippen LogP contribution in [0.3, 0.4) is 0 Å². The summed E-state index contributed by atoms with van der Waals surface area (Å²) in [5.74, 6) is -1.01. The van der Waals surface area contributed by atoms with E-state index < -0.39 is 22.3 Å². The number of hydrogen-bond acceptors (Lipinski definition) is 5. The van der Waals surface area contributed by atoms with Gasteiger partial charge in [-0.3, -0.25) is 19.7 Å². The molecule has 0 saturated heterocycles. The van der Waals surface area contributed by atoms with Crippen molar-refractivity contribution in [3.63, 3.8) is 0 Å². The van der Waals surface area contributed by atoms with E-state index in [1.807, 2.05) is 0 Å². The van der Waals surface area contributed by atoms with Crippen LogP contribution >= 0.6 is 0 Å². The summed E-state index contributed by atoms with van der Waals surface area (Å²) in [6.45, 7) is 0. The van der Waals surface area contributed by atoms with Gasteiger partial charge in [0, 0.05) is 36.5 Å². The molecule has 25 heavy (non-hydrogen) atoms. The molecular weight excluding hydrogens is 326 g/mol. The van der Waals surface area contributed by atoms with Gasteiger partial charge >= 0.3 is 5.69 Å². The molecule has 128 valence electrons. The van der Waals surface area contributed by atoms with Crippen LogP contribution in [-0.2, 0) is 11.2 Å². The molecule has 2 amide bonds. The minimum absolute atomic E-state index is 0.0469. The molecule has 2 N–H and O–H groups in total. The van der Waals surface area contributed by atoms with Gasteiger partial charge in [-0.15, -0.1) is 0 Å². The van der Waals surface area contributed by atoms with Gasteiger partial charge in [0.25, 0.3) is 5.91 Å². The van der Waals surface area contributed by atoms with Crippen LogP contribution in [0.4, 0.5) is 17.1 Å². The van der Waals surface area contributed by atoms with Crippen molar-refractivity contribution >= 4 is 28.9 Å². The molecule has 2 aromatic rings. The molecule has 0 aliphatic carbocycles. The molecule has 0 saturated carbocycles. The highest BCUT2D eigenvalue weighted by Gasteiger charge is 2.21. The smallest absolute Gasteiger partial charge is 0.310 e. The number of phenols is 1. The first-order valence-electron chi connectivity index (χ1n) is 7.55. The Morgan fingerprint density at radius 2 is 2.00 bits per heavy atom. The highest BCUT2D eigenvalue weighted by Crippen LogP contribution is 2.30. The number of phenolic OH excluding ortho intramolecular Hbond substituents is 1. The Bertz CT molecular complexity index is 894. The fourth-order valence-corrected chi connectivity index (χ4v) is 2.76. The Labute approximate surface area is 142 Å². The highest BCUT2D eigenvalue weighted by molar-refractivity contribution is 6.05. The van der Waals surface area contributed by atoms with Crippen LogP contribution in [0.15, 0.2) is 36.4 Å². The van der Waals surface area contributed by atoms with E-state index in [9.17, 15) is 24.8 Å². The molecule has 8 heteroatoms. The molecule has 0 aromatic heterocycles. The average Bonchev–Trinajstić information content (AvgIpc) is 2.58. The SMILES string of the molecule is CN1C(=O)CCc2cc(NC(=O)c3ccc([N+](=O)[O-])c(O)c3)ccc21. The van der Waals surface area contributed by atoms with E-state index in [1.54, 1.807) is 30.1 Å². The molecule has 0 bridgehead atoms. The summed E-state index contributed by atoms with van der Waals surface area (Å²) in [4.78, 5) is 35.5. The number of carbonyl (C=O) groups excluding carboxylic acids is 2. The predicted octanol–water partition coefficient (Wildman–Crippen LogP) is 2.46. The Hall–Kier alpha value is -3.42. The number of anilines is 2. The lowest BCUT2D eigenvalue weighted by molar-refractivity contribution is -0.385. The largest absolute Gasteiger partial charge is 0.502 e. The molecular formula is C17H15N3O5. The van der Waals surface area contributed by atoms with Gasteiger partial charge in [0.15, 0.2) is 5.75 Å². The summed E-state index contributed by atoms with van der Waals surface area (Å²) < 4.78 is 0. The number of rotatable bonds is 3. The lowest BCUT2D eigenvalue weighted by atomic mass is 10.0. The van der Waals surface area contributed by atoms with Gasteiger partial charge in [0.05, 0.1) is 4.92 Å². The van der Waals surface area contributed by atoms with Gasteiger partial charge in [0.2, 0.25) is 5.91 Å². The number of nitro benzene ring substituents is 1. The van der Waals surface area contributed by atoms with E-state index in [0.29, 0.717) is 18.5 Å². The van der Waals surface area contributed by atoms with Gasteiger partial charge in [-0.2, -0.15) is 0 Å². The number of carbonyl (C=O) groups is 2. The lowest BCUT2D eigenvalue weighted by Crippen LogP contribution is -2.31. The molecule has 3 rings (SSSR count). The fraction of sp³-hybridized carbons (Fsp3) is 0.176. The van der Waals surface area contributed by atoms with Crippen molar-refractivity contribution < 1.29 is 19.6 Å². The number of benzene rings is 2. The third-order valence-electron chi connectivity index (χ3n) is 4.12. The third-order valence-corrected chi connectivity index (χ3v) is 4.12. The zero-order chi connectivity index (χ0) is 18.1. The van der Waals surface area contributed by atoms with Gasteiger partial charge in [-0.05, 0) is 42.3 Å². The number of nitro groups is 1. The fourth-order valence-electron chi connectivity index (χ4n) is 2.76. The zero-order valence-corrected chi connectivity index (χ0v) is 13.4. The van der Waals surface area contributed by atoms with E-state index in [2.05, 4.69) is 5.32 Å². The van der Waals surface area contributed by atoms with Crippen LogP contribution in [0, 0.1) is 10.1 Å². The molecule has 0 fully saturated rings. The summed E-state index contributed by atoms with van der Waals surface area (Å²) in [5, 5.41) is 23.0. The molecule has 1 aliphatic heterocycles. The standard InChI is InChI=1S/C17H15N3O5/c1-19-13-6-4-12(8-10(13)3-7-16(19)22)18-17(23)11-2-5-14(20(24)25)15(21)9-11/h2,4-6,8-9,21H,3,7H2,1H3,(H,18,23). The zero-order valence-electron chi connectivity index (χ0n) is 13.4. The topological polar surface area (TPSA) is 113 Å². The number of nitrogens with one attached hydrogen (secondary N) is 1. The number of aromatic hydroxyl groups is 1. The predicted molar refractivity (Wildman–Crippen MR) is 90.9 cm³/mol. The molecule has 2 aromatic carbocycles. The molecule has 0 atom stereocenters. The Morgan fingerprint density at radius 1 is 1.24 bits per heavy atom. The van der Waals surface area contributed by atoms with Crippen LogP contribution < -0.4 is 10.2 Å². The first kappa shape index (κ1) is 16.4. The first-order chi connectivity index (χ1) is 11.9. The van der Waals surface area contributed by atoms with Crippen LogP contribution in [0.25, 0.3) is 0 Å². The van der Waals surface area contributed by atoms with Crippen LogP contribution in [-0.4, -0.2) is 28.9 Å². The highest BCUT2D eigenvalue weighted by atomic mass is 16.6. The van der Waals surface area contributed by atoms with Crippen molar-refractivity contribution in [3.05, 3.63) is 57.6 Å². The summed E-state index contributed by atoms with van der Waals surface area (Å²) in [5.41, 5.74) is 1.95. The maximum Gasteiger partial charge on any atom is 0.310 e. The number of hydrogen-bond donors (Lipinski definition) is 2. The summed E-state index contributed by atoms with van der Waals surface area (Å²) >= 11 is 0. The molecule has 0 unspecified atom stereocenters. The van der Waals surface area contributed by atoms with E-state index in [0.717, 1.165) is 23.4 Å². The van der Waals surface area contributed by atoms with E-state index in [4.69, 9.17) is 0 Å². The summed E-state index contributed by atoms with van der Waals surface area (Å²) in [6.07, 6.45) is 1.01. The minimum atomic E-state index is -0.724. The second-order valence-corrected chi connectivity index (χ2v) is 5.71. The minimum Gasteiger partial charge on any atom is -0.502 e. The van der Waals surface area contributed by atoms with Gasteiger partial charge in [-0.1, -0.05) is 0 Å². The van der Waals surface area contributed by atoms with Crippen molar-refractivity contribution in [1.29, 1.82) is 0 Å². The van der Waals surface area contributed by atoms with Crippen molar-refractivity contribution in [2.24, 2.45) is 0 Å². The number of aryl methyl sites for hydroxylation is 1. The Balaban J connectivity index is 1.81.